The minimum atomic E-state index is -1.53. The molecular weight excluding hydrogens is 256 g/mol. The molecule has 0 unspecified atom stereocenters. The van der Waals surface area contributed by atoms with Crippen molar-refractivity contribution in [2.24, 2.45) is 0 Å². The van der Waals surface area contributed by atoms with Gasteiger partial charge < -0.3 is 19.8 Å². The first-order valence-electron chi connectivity index (χ1n) is 5.96. The molecule has 3 aromatic carbocycles. The number of carboxylic acids is 2. The molecule has 0 aliphatic heterocycles. The molecule has 98 valence electrons. The summed E-state index contributed by atoms with van der Waals surface area (Å²) in [5.74, 6) is -3.05. The highest BCUT2D eigenvalue weighted by Crippen LogP contribution is 2.27. The minimum absolute atomic E-state index is 0.338. The minimum Gasteiger partial charge on any atom is -0.545 e. The molecule has 0 aromatic heterocycles. The lowest BCUT2D eigenvalue weighted by atomic mass is 9.96. The summed E-state index contributed by atoms with van der Waals surface area (Å²) in [6, 6.07) is 13.7. The van der Waals surface area contributed by atoms with E-state index in [2.05, 4.69) is 0 Å². The Morgan fingerprint density at radius 2 is 1.40 bits per heavy atom. The summed E-state index contributed by atoms with van der Waals surface area (Å²) in [7, 11) is 0. The Hall–Kier alpha value is -2.88. The van der Waals surface area contributed by atoms with Crippen molar-refractivity contribution in [3.8, 4) is 0 Å². The van der Waals surface area contributed by atoms with Crippen LogP contribution in [0.4, 0.5) is 0 Å². The maximum atomic E-state index is 11.3. The second-order valence-corrected chi connectivity index (χ2v) is 4.48. The Morgan fingerprint density at radius 1 is 0.750 bits per heavy atom. The first-order valence-corrected chi connectivity index (χ1v) is 5.96. The Kier molecular flexibility index (Phi) is 2.64. The number of carbonyl (C=O) groups is 2. The van der Waals surface area contributed by atoms with Gasteiger partial charge in [-0.2, -0.15) is 0 Å². The zero-order valence-electron chi connectivity index (χ0n) is 10.3. The normalized spacial score (nSPS) is 10.8. The van der Waals surface area contributed by atoms with E-state index in [1.54, 1.807) is 12.1 Å². The molecule has 0 aliphatic rings. The highest BCUT2D eigenvalue weighted by molar-refractivity contribution is 6.13. The molecule has 20 heavy (non-hydrogen) atoms. The van der Waals surface area contributed by atoms with Crippen LogP contribution in [-0.2, 0) is 0 Å². The topological polar surface area (TPSA) is 80.3 Å². The number of rotatable bonds is 2. The number of carbonyl (C=O) groups excluding carboxylic acids is 2. The molecule has 3 rings (SSSR count). The third-order valence-electron chi connectivity index (χ3n) is 3.31. The molecule has 0 fully saturated rings. The largest absolute Gasteiger partial charge is 0.545 e. The van der Waals surface area contributed by atoms with Crippen LogP contribution in [0.1, 0.15) is 20.7 Å². The fourth-order valence-corrected chi connectivity index (χ4v) is 2.40. The van der Waals surface area contributed by atoms with Crippen molar-refractivity contribution < 1.29 is 19.8 Å². The molecule has 0 radical (unpaired) electrons. The summed E-state index contributed by atoms with van der Waals surface area (Å²) in [6.45, 7) is 0. The van der Waals surface area contributed by atoms with Gasteiger partial charge in [0.15, 0.2) is 0 Å². The van der Waals surface area contributed by atoms with Gasteiger partial charge in [-0.3, -0.25) is 0 Å². The van der Waals surface area contributed by atoms with E-state index in [4.69, 9.17) is 0 Å². The standard InChI is InChI=1S/C16H10O4/c17-15(18)12-6-5-11-7-9-3-1-2-4-10(9)8-13(11)14(12)16(19)20/h1-8H,(H,17,18)(H,19,20)/p-2. The Morgan fingerprint density at radius 3 is 2.00 bits per heavy atom. The fourth-order valence-electron chi connectivity index (χ4n) is 2.40. The molecule has 0 spiro atoms. The van der Waals surface area contributed by atoms with E-state index < -0.39 is 11.9 Å². The van der Waals surface area contributed by atoms with Crippen LogP contribution in [0.15, 0.2) is 48.5 Å². The van der Waals surface area contributed by atoms with Crippen LogP contribution in [0.25, 0.3) is 21.5 Å². The molecule has 0 saturated carbocycles. The highest BCUT2D eigenvalue weighted by atomic mass is 16.4. The number of carboxylic acid groups (broad SMARTS) is 2. The van der Waals surface area contributed by atoms with Crippen LogP contribution in [0, 0.1) is 0 Å². The van der Waals surface area contributed by atoms with Crippen LogP contribution in [-0.4, -0.2) is 11.9 Å². The first-order chi connectivity index (χ1) is 9.58. The number of aromatic carboxylic acids is 2. The van der Waals surface area contributed by atoms with Gasteiger partial charge in [0.25, 0.3) is 0 Å². The van der Waals surface area contributed by atoms with Crippen molar-refractivity contribution >= 4 is 33.5 Å². The summed E-state index contributed by atoms with van der Waals surface area (Å²) in [5.41, 5.74) is -0.707. The fraction of sp³-hybridized carbons (Fsp3) is 0. The van der Waals surface area contributed by atoms with Crippen LogP contribution < -0.4 is 10.2 Å². The lowest BCUT2D eigenvalue weighted by Gasteiger charge is -2.15. The van der Waals surface area contributed by atoms with E-state index in [9.17, 15) is 19.8 Å². The second-order valence-electron chi connectivity index (χ2n) is 4.48. The van der Waals surface area contributed by atoms with E-state index in [-0.39, 0.29) is 11.1 Å². The molecule has 0 bridgehead atoms. The van der Waals surface area contributed by atoms with Crippen molar-refractivity contribution in [3.05, 3.63) is 59.7 Å². The molecule has 4 heteroatoms. The van der Waals surface area contributed by atoms with Crippen LogP contribution in [0.2, 0.25) is 0 Å². The molecular formula is C16H8O4-2. The summed E-state index contributed by atoms with van der Waals surface area (Å²) >= 11 is 0. The second kappa shape index (κ2) is 4.35. The first kappa shape index (κ1) is 12.2. The van der Waals surface area contributed by atoms with Crippen molar-refractivity contribution in [2.75, 3.05) is 0 Å². The zero-order valence-corrected chi connectivity index (χ0v) is 10.3. The molecule has 3 aromatic rings. The maximum absolute atomic E-state index is 11.3. The third-order valence-corrected chi connectivity index (χ3v) is 3.31. The number of fused-ring (bicyclic) bond motifs is 2. The maximum Gasteiger partial charge on any atom is 0.0728 e. The van der Waals surface area contributed by atoms with Gasteiger partial charge in [-0.15, -0.1) is 0 Å². The van der Waals surface area contributed by atoms with Gasteiger partial charge in [0.05, 0.1) is 11.9 Å². The third kappa shape index (κ3) is 1.78. The van der Waals surface area contributed by atoms with Gasteiger partial charge >= 0.3 is 0 Å². The molecule has 0 atom stereocenters. The summed E-state index contributed by atoms with van der Waals surface area (Å²) < 4.78 is 0. The van der Waals surface area contributed by atoms with Gasteiger partial charge in [-0.1, -0.05) is 36.4 Å². The predicted molar refractivity (Wildman–Crippen MR) is 70.1 cm³/mol. The molecule has 0 heterocycles. The number of benzene rings is 3. The van der Waals surface area contributed by atoms with Crippen LogP contribution >= 0.6 is 0 Å². The smallest absolute Gasteiger partial charge is 0.0728 e. The van der Waals surface area contributed by atoms with Gasteiger partial charge in [0.2, 0.25) is 0 Å². The van der Waals surface area contributed by atoms with Crippen LogP contribution in [0.5, 0.6) is 0 Å². The van der Waals surface area contributed by atoms with Crippen molar-refractivity contribution in [1.82, 2.24) is 0 Å². The predicted octanol–water partition coefficient (Wildman–Crippen LogP) is 0.720. The molecule has 0 saturated heterocycles. The molecule has 0 N–H and O–H groups in total. The monoisotopic (exact) mass is 264 g/mol. The van der Waals surface area contributed by atoms with Crippen molar-refractivity contribution in [3.63, 3.8) is 0 Å². The van der Waals surface area contributed by atoms with Crippen molar-refractivity contribution in [1.29, 1.82) is 0 Å². The molecule has 0 amide bonds. The quantitative estimate of drug-likeness (QED) is 0.639. The SMILES string of the molecule is O=C([O-])c1ccc2cc3ccccc3cc2c1C(=O)[O-]. The van der Waals surface area contributed by atoms with E-state index in [0.717, 1.165) is 10.8 Å². The van der Waals surface area contributed by atoms with Crippen LogP contribution in [0.3, 0.4) is 0 Å². The van der Waals surface area contributed by atoms with E-state index in [1.807, 2.05) is 30.3 Å². The summed E-state index contributed by atoms with van der Waals surface area (Å²) in [5, 5.41) is 25.1. The lowest BCUT2D eigenvalue weighted by molar-refractivity contribution is -0.259. The summed E-state index contributed by atoms with van der Waals surface area (Å²) in [6.07, 6.45) is 0. The number of hydrogen-bond donors (Lipinski definition) is 0. The lowest BCUT2D eigenvalue weighted by Crippen LogP contribution is -2.30. The average Bonchev–Trinajstić information content (AvgIpc) is 2.43. The Balaban J connectivity index is 2.49. The van der Waals surface area contributed by atoms with E-state index in [0.29, 0.717) is 10.8 Å². The van der Waals surface area contributed by atoms with Gasteiger partial charge in [-0.25, -0.2) is 0 Å². The van der Waals surface area contributed by atoms with Gasteiger partial charge in [0.1, 0.15) is 0 Å². The van der Waals surface area contributed by atoms with Crippen molar-refractivity contribution in [2.45, 2.75) is 0 Å². The number of hydrogen-bond acceptors (Lipinski definition) is 4. The summed E-state index contributed by atoms with van der Waals surface area (Å²) in [4.78, 5) is 22.3. The zero-order chi connectivity index (χ0) is 14.3. The molecule has 0 aliphatic carbocycles. The van der Waals surface area contributed by atoms with Gasteiger partial charge in [-0.05, 0) is 33.7 Å². The van der Waals surface area contributed by atoms with Gasteiger partial charge in [0, 0.05) is 11.1 Å². The Bertz CT molecular complexity index is 865. The Labute approximate surface area is 113 Å². The average molecular weight is 264 g/mol. The van der Waals surface area contributed by atoms with E-state index >= 15 is 0 Å². The highest BCUT2D eigenvalue weighted by Gasteiger charge is 2.10. The van der Waals surface area contributed by atoms with E-state index in [1.165, 1.54) is 6.07 Å². The molecule has 4 nitrogen and oxygen atoms in total.